The molecule has 1 amide bonds. The van der Waals surface area contributed by atoms with E-state index in [4.69, 9.17) is 4.74 Å². The highest BCUT2D eigenvalue weighted by atomic mass is 127. The van der Waals surface area contributed by atoms with Gasteiger partial charge in [-0.25, -0.2) is 4.79 Å². The molecule has 0 spiro atoms. The Morgan fingerprint density at radius 3 is 2.36 bits per heavy atom. The lowest BCUT2D eigenvalue weighted by Gasteiger charge is -2.23. The standard InChI is InChI=1S/C18H30N4O2.HI/c1-14-9-7-8-10-15(14)13-22(6)16(19-5)20-11-12-21-17(23)24-18(2,3)4;/h7-10H,11-13H2,1-6H3,(H,19,20)(H,21,23);1H. The van der Waals surface area contributed by atoms with Crippen LogP contribution < -0.4 is 10.6 Å². The van der Waals surface area contributed by atoms with E-state index in [1.807, 2.05) is 40.0 Å². The van der Waals surface area contributed by atoms with Crippen LogP contribution in [0.2, 0.25) is 0 Å². The van der Waals surface area contributed by atoms with Crippen molar-refractivity contribution < 1.29 is 9.53 Å². The normalized spacial score (nSPS) is 11.4. The number of carbonyl (C=O) groups is 1. The quantitative estimate of drug-likeness (QED) is 0.306. The van der Waals surface area contributed by atoms with E-state index in [1.54, 1.807) is 7.05 Å². The van der Waals surface area contributed by atoms with E-state index in [-0.39, 0.29) is 24.0 Å². The summed E-state index contributed by atoms with van der Waals surface area (Å²) in [5.74, 6) is 0.782. The van der Waals surface area contributed by atoms with Gasteiger partial charge in [-0.15, -0.1) is 24.0 Å². The first-order valence-electron chi connectivity index (χ1n) is 8.16. The average molecular weight is 462 g/mol. The number of aliphatic imine (C=N–C) groups is 1. The predicted octanol–water partition coefficient (Wildman–Crippen LogP) is 3.14. The third-order valence-electron chi connectivity index (χ3n) is 3.32. The molecule has 6 nitrogen and oxygen atoms in total. The number of rotatable bonds is 5. The highest BCUT2D eigenvalue weighted by Gasteiger charge is 2.15. The number of guanidine groups is 1. The Morgan fingerprint density at radius 2 is 1.80 bits per heavy atom. The van der Waals surface area contributed by atoms with Crippen LogP contribution in [0.4, 0.5) is 4.79 Å². The number of ether oxygens (including phenoxy) is 1. The maximum Gasteiger partial charge on any atom is 0.407 e. The van der Waals surface area contributed by atoms with E-state index in [0.717, 1.165) is 12.5 Å². The van der Waals surface area contributed by atoms with Gasteiger partial charge >= 0.3 is 6.09 Å². The van der Waals surface area contributed by atoms with Gasteiger partial charge in [0.1, 0.15) is 5.60 Å². The van der Waals surface area contributed by atoms with Crippen LogP contribution in [0, 0.1) is 6.92 Å². The number of hydrogen-bond donors (Lipinski definition) is 2. The third-order valence-corrected chi connectivity index (χ3v) is 3.32. The van der Waals surface area contributed by atoms with E-state index in [2.05, 4.69) is 39.6 Å². The summed E-state index contributed by atoms with van der Waals surface area (Å²) in [6.07, 6.45) is -0.410. The summed E-state index contributed by atoms with van der Waals surface area (Å²) in [5, 5.41) is 5.95. The number of hydrogen-bond acceptors (Lipinski definition) is 3. The van der Waals surface area contributed by atoms with Gasteiger partial charge in [0.15, 0.2) is 5.96 Å². The Labute approximate surface area is 168 Å². The SMILES string of the molecule is CN=C(NCCNC(=O)OC(C)(C)C)N(C)Cc1ccccc1C.I. The van der Waals surface area contributed by atoms with E-state index in [1.165, 1.54) is 11.1 Å². The molecule has 2 N–H and O–H groups in total. The van der Waals surface area contributed by atoms with Crippen molar-refractivity contribution in [2.45, 2.75) is 39.8 Å². The number of carbonyl (C=O) groups excluding carboxylic acids is 1. The zero-order chi connectivity index (χ0) is 18.2. The number of benzene rings is 1. The van der Waals surface area contributed by atoms with Gasteiger partial charge in [0.05, 0.1) is 0 Å². The van der Waals surface area contributed by atoms with E-state index in [9.17, 15) is 4.79 Å². The zero-order valence-electron chi connectivity index (χ0n) is 16.0. The van der Waals surface area contributed by atoms with E-state index >= 15 is 0 Å². The van der Waals surface area contributed by atoms with Crippen LogP contribution in [0.1, 0.15) is 31.9 Å². The molecule has 0 saturated carbocycles. The van der Waals surface area contributed by atoms with E-state index < -0.39 is 11.7 Å². The molecule has 1 rings (SSSR count). The zero-order valence-corrected chi connectivity index (χ0v) is 18.4. The van der Waals surface area contributed by atoms with Crippen molar-refractivity contribution >= 4 is 36.0 Å². The summed E-state index contributed by atoms with van der Waals surface area (Å²) < 4.78 is 5.19. The van der Waals surface area contributed by atoms with Crippen LogP contribution in [-0.4, -0.2) is 49.7 Å². The van der Waals surface area contributed by atoms with Crippen LogP contribution in [0.25, 0.3) is 0 Å². The van der Waals surface area contributed by atoms with Crippen LogP contribution in [0.5, 0.6) is 0 Å². The average Bonchev–Trinajstić information content (AvgIpc) is 2.47. The number of amides is 1. The summed E-state index contributed by atoms with van der Waals surface area (Å²) >= 11 is 0. The molecule has 0 aliphatic heterocycles. The second kappa shape index (κ2) is 11.2. The molecule has 25 heavy (non-hydrogen) atoms. The minimum atomic E-state index is -0.485. The first-order chi connectivity index (χ1) is 11.2. The molecule has 0 atom stereocenters. The van der Waals surface area contributed by atoms with Crippen molar-refractivity contribution in [3.8, 4) is 0 Å². The molecule has 0 fully saturated rings. The van der Waals surface area contributed by atoms with Crippen molar-refractivity contribution in [1.29, 1.82) is 0 Å². The molecule has 0 saturated heterocycles. The Hall–Kier alpha value is -1.51. The molecule has 0 aliphatic rings. The molecule has 1 aromatic rings. The Kier molecular flexibility index (Phi) is 10.5. The first kappa shape index (κ1) is 23.5. The van der Waals surface area contributed by atoms with E-state index in [0.29, 0.717) is 13.1 Å². The van der Waals surface area contributed by atoms with Crippen LogP contribution in [-0.2, 0) is 11.3 Å². The molecular weight excluding hydrogens is 431 g/mol. The fraction of sp³-hybridized carbons (Fsp3) is 0.556. The van der Waals surface area contributed by atoms with Gasteiger partial charge in [-0.05, 0) is 38.8 Å². The molecular formula is C18H31IN4O2. The fourth-order valence-corrected chi connectivity index (χ4v) is 2.16. The molecule has 0 heterocycles. The molecule has 0 bridgehead atoms. The molecule has 142 valence electrons. The highest BCUT2D eigenvalue weighted by Crippen LogP contribution is 2.09. The Balaban J connectivity index is 0.00000576. The van der Waals surface area contributed by atoms with Gasteiger partial charge in [0, 0.05) is 33.7 Å². The lowest BCUT2D eigenvalue weighted by molar-refractivity contribution is 0.0529. The first-order valence-corrected chi connectivity index (χ1v) is 8.16. The van der Waals surface area contributed by atoms with Gasteiger partial charge in [-0.2, -0.15) is 0 Å². The predicted molar refractivity (Wildman–Crippen MR) is 114 cm³/mol. The highest BCUT2D eigenvalue weighted by molar-refractivity contribution is 14.0. The number of halogens is 1. The molecule has 0 radical (unpaired) electrons. The number of nitrogens with one attached hydrogen (secondary N) is 2. The summed E-state index contributed by atoms with van der Waals surface area (Å²) in [6, 6.07) is 8.29. The summed E-state index contributed by atoms with van der Waals surface area (Å²) in [6.45, 7) is 9.43. The fourth-order valence-electron chi connectivity index (χ4n) is 2.16. The summed E-state index contributed by atoms with van der Waals surface area (Å²) in [5.41, 5.74) is 2.03. The van der Waals surface area contributed by atoms with Gasteiger partial charge in [-0.1, -0.05) is 24.3 Å². The van der Waals surface area contributed by atoms with Gasteiger partial charge in [-0.3, -0.25) is 4.99 Å². The van der Waals surface area contributed by atoms with Crippen LogP contribution in [0.3, 0.4) is 0 Å². The van der Waals surface area contributed by atoms with Crippen LogP contribution in [0.15, 0.2) is 29.3 Å². The van der Waals surface area contributed by atoms with Gasteiger partial charge in [0.2, 0.25) is 0 Å². The third kappa shape index (κ3) is 9.52. The summed E-state index contributed by atoms with van der Waals surface area (Å²) in [4.78, 5) is 17.9. The largest absolute Gasteiger partial charge is 0.444 e. The van der Waals surface area contributed by atoms with Gasteiger partial charge < -0.3 is 20.3 Å². The minimum absolute atomic E-state index is 0. The molecule has 0 aliphatic carbocycles. The number of alkyl carbamates (subject to hydrolysis) is 1. The smallest absolute Gasteiger partial charge is 0.407 e. The lowest BCUT2D eigenvalue weighted by atomic mass is 10.1. The van der Waals surface area contributed by atoms with Crippen molar-refractivity contribution in [3.05, 3.63) is 35.4 Å². The molecule has 7 heteroatoms. The second-order valence-electron chi connectivity index (χ2n) is 6.69. The molecule has 1 aromatic carbocycles. The molecule has 0 unspecified atom stereocenters. The van der Waals surface area contributed by atoms with Crippen molar-refractivity contribution in [3.63, 3.8) is 0 Å². The summed E-state index contributed by atoms with van der Waals surface area (Å²) in [7, 11) is 3.74. The maximum absolute atomic E-state index is 11.6. The van der Waals surface area contributed by atoms with Crippen molar-refractivity contribution in [2.75, 3.05) is 27.2 Å². The van der Waals surface area contributed by atoms with Gasteiger partial charge in [0.25, 0.3) is 0 Å². The monoisotopic (exact) mass is 462 g/mol. The number of aryl methyl sites for hydroxylation is 1. The minimum Gasteiger partial charge on any atom is -0.444 e. The topological polar surface area (TPSA) is 66.0 Å². The second-order valence-corrected chi connectivity index (χ2v) is 6.69. The lowest BCUT2D eigenvalue weighted by Crippen LogP contribution is -2.43. The Bertz CT molecular complexity index is 570. The Morgan fingerprint density at radius 1 is 1.20 bits per heavy atom. The van der Waals surface area contributed by atoms with Crippen molar-refractivity contribution in [2.24, 2.45) is 4.99 Å². The maximum atomic E-state index is 11.6. The molecule has 0 aromatic heterocycles. The van der Waals surface area contributed by atoms with Crippen molar-refractivity contribution in [1.82, 2.24) is 15.5 Å². The number of nitrogens with zero attached hydrogens (tertiary/aromatic N) is 2. The van der Waals surface area contributed by atoms with Crippen LogP contribution >= 0.6 is 24.0 Å².